The number of carbonyl (C=O) groups is 1. The molecule has 1 aliphatic heterocycles. The molecule has 0 spiro atoms. The third-order valence-corrected chi connectivity index (χ3v) is 4.98. The minimum absolute atomic E-state index is 0.212. The Bertz CT molecular complexity index is 1040. The fourth-order valence-corrected chi connectivity index (χ4v) is 3.42. The minimum Gasteiger partial charge on any atom is -0.491 e. The number of nitrogens with zero attached hydrogens (tertiary/aromatic N) is 4. The van der Waals surface area contributed by atoms with E-state index in [-0.39, 0.29) is 18.1 Å². The minimum atomic E-state index is -0.410. The zero-order valence-corrected chi connectivity index (χ0v) is 16.1. The number of hydrogen-bond donors (Lipinski definition) is 0. The smallest absolute Gasteiger partial charge is 0.276 e. The number of fused-ring (bicyclic) bond motifs is 1. The van der Waals surface area contributed by atoms with Crippen LogP contribution in [0, 0.1) is 5.82 Å². The second-order valence-electron chi connectivity index (χ2n) is 6.36. The molecule has 2 aromatic carbocycles. The second kappa shape index (κ2) is 7.77. The van der Waals surface area contributed by atoms with E-state index in [1.54, 1.807) is 35.4 Å². The predicted octanol–water partition coefficient (Wildman–Crippen LogP) is 3.81. The van der Waals surface area contributed by atoms with E-state index in [9.17, 15) is 9.18 Å². The molecule has 1 amide bonds. The molecule has 2 heterocycles. The van der Waals surface area contributed by atoms with Gasteiger partial charge in [-0.05, 0) is 35.9 Å². The van der Waals surface area contributed by atoms with Gasteiger partial charge in [-0.3, -0.25) is 4.79 Å². The van der Waals surface area contributed by atoms with Gasteiger partial charge in [0.2, 0.25) is 0 Å². The Morgan fingerprint density at radius 3 is 2.89 bits per heavy atom. The van der Waals surface area contributed by atoms with Gasteiger partial charge in [0.25, 0.3) is 5.91 Å². The predicted molar refractivity (Wildman–Crippen MR) is 102 cm³/mol. The molecule has 1 aliphatic rings. The topological polar surface area (TPSA) is 60.2 Å². The molecule has 0 N–H and O–H groups in total. The van der Waals surface area contributed by atoms with Gasteiger partial charge in [-0.15, -0.1) is 5.10 Å². The van der Waals surface area contributed by atoms with E-state index < -0.39 is 5.82 Å². The maximum atomic E-state index is 13.2. The zero-order valence-electron chi connectivity index (χ0n) is 14.6. The second-order valence-corrected chi connectivity index (χ2v) is 7.21. The normalized spacial score (nSPS) is 13.6. The Balaban J connectivity index is 1.51. The number of rotatable bonds is 3. The van der Waals surface area contributed by atoms with E-state index in [1.807, 2.05) is 0 Å². The van der Waals surface area contributed by atoms with Crippen molar-refractivity contribution < 1.29 is 13.9 Å². The molecule has 1 aromatic heterocycles. The van der Waals surface area contributed by atoms with Crippen molar-refractivity contribution in [3.63, 3.8) is 0 Å². The molecule has 0 bridgehead atoms. The van der Waals surface area contributed by atoms with Gasteiger partial charge in [0, 0.05) is 22.2 Å². The highest BCUT2D eigenvalue weighted by Crippen LogP contribution is 2.27. The molecule has 0 aliphatic carbocycles. The van der Waals surface area contributed by atoms with Crippen LogP contribution in [0.1, 0.15) is 21.6 Å². The van der Waals surface area contributed by atoms with Crippen LogP contribution in [-0.4, -0.2) is 39.0 Å². The van der Waals surface area contributed by atoms with Crippen molar-refractivity contribution >= 4 is 29.1 Å². The molecule has 0 atom stereocenters. The van der Waals surface area contributed by atoms with Crippen molar-refractivity contribution in [2.75, 3.05) is 13.2 Å². The molecular formula is C19H15Cl2FN4O2. The Hall–Kier alpha value is -2.64. The molecule has 0 saturated carbocycles. The standard InChI is InChI=1S/C19H15Cl2FN4O2/c20-14-2-4-18-13(7-14)9-25(5-6-28-18)19(27)17-11-26(24-23-17)10-12-1-3-15(22)8-16(12)21/h1-4,7-8,11H,5-6,9-10H2. The molecule has 0 fully saturated rings. The van der Waals surface area contributed by atoms with Crippen LogP contribution < -0.4 is 4.74 Å². The van der Waals surface area contributed by atoms with Gasteiger partial charge in [0.1, 0.15) is 18.2 Å². The summed E-state index contributed by atoms with van der Waals surface area (Å²) < 4.78 is 20.4. The monoisotopic (exact) mass is 420 g/mol. The van der Waals surface area contributed by atoms with Gasteiger partial charge >= 0.3 is 0 Å². The van der Waals surface area contributed by atoms with Gasteiger partial charge in [-0.25, -0.2) is 9.07 Å². The molecule has 0 saturated heterocycles. The number of carbonyl (C=O) groups excluding carboxylic acids is 1. The van der Waals surface area contributed by atoms with Crippen molar-refractivity contribution in [1.29, 1.82) is 0 Å². The molecule has 6 nitrogen and oxygen atoms in total. The molecule has 28 heavy (non-hydrogen) atoms. The van der Waals surface area contributed by atoms with E-state index in [0.29, 0.717) is 41.1 Å². The van der Waals surface area contributed by atoms with Crippen LogP contribution in [0.15, 0.2) is 42.6 Å². The van der Waals surface area contributed by atoms with Crippen molar-refractivity contribution in [2.45, 2.75) is 13.1 Å². The lowest BCUT2D eigenvalue weighted by Gasteiger charge is -2.18. The Labute approximate surface area is 170 Å². The highest BCUT2D eigenvalue weighted by Gasteiger charge is 2.23. The van der Waals surface area contributed by atoms with Gasteiger partial charge in [-0.2, -0.15) is 0 Å². The average molecular weight is 421 g/mol. The number of aromatic nitrogens is 3. The largest absolute Gasteiger partial charge is 0.491 e. The van der Waals surface area contributed by atoms with Gasteiger partial charge in [-0.1, -0.05) is 34.5 Å². The summed E-state index contributed by atoms with van der Waals surface area (Å²) >= 11 is 12.1. The van der Waals surface area contributed by atoms with E-state index in [2.05, 4.69) is 10.3 Å². The lowest BCUT2D eigenvalue weighted by molar-refractivity contribution is 0.0727. The summed E-state index contributed by atoms with van der Waals surface area (Å²) in [5, 5.41) is 8.84. The first kappa shape index (κ1) is 18.7. The summed E-state index contributed by atoms with van der Waals surface area (Å²) in [6.45, 7) is 1.44. The maximum Gasteiger partial charge on any atom is 0.276 e. The van der Waals surface area contributed by atoms with Crippen LogP contribution in [0.2, 0.25) is 10.0 Å². The van der Waals surface area contributed by atoms with E-state index >= 15 is 0 Å². The number of halogens is 3. The highest BCUT2D eigenvalue weighted by molar-refractivity contribution is 6.31. The Morgan fingerprint density at radius 1 is 1.21 bits per heavy atom. The summed E-state index contributed by atoms with van der Waals surface area (Å²) in [6, 6.07) is 9.48. The first-order valence-electron chi connectivity index (χ1n) is 8.54. The van der Waals surface area contributed by atoms with Crippen LogP contribution in [0.3, 0.4) is 0 Å². The molecule has 3 aromatic rings. The van der Waals surface area contributed by atoms with Gasteiger partial charge in [0.05, 0.1) is 19.3 Å². The fourth-order valence-electron chi connectivity index (χ4n) is 3.00. The number of amides is 1. The molecular weight excluding hydrogens is 406 g/mol. The average Bonchev–Trinajstić information content (AvgIpc) is 3.02. The molecule has 144 valence electrons. The molecule has 9 heteroatoms. The summed E-state index contributed by atoms with van der Waals surface area (Å²) in [7, 11) is 0. The summed E-state index contributed by atoms with van der Waals surface area (Å²) in [5.41, 5.74) is 1.73. The van der Waals surface area contributed by atoms with Crippen LogP contribution in [0.4, 0.5) is 4.39 Å². The lowest BCUT2D eigenvalue weighted by Crippen LogP contribution is -2.32. The fraction of sp³-hybridized carbons (Fsp3) is 0.211. The summed E-state index contributed by atoms with van der Waals surface area (Å²) in [4.78, 5) is 14.5. The van der Waals surface area contributed by atoms with Crippen molar-refractivity contribution in [2.24, 2.45) is 0 Å². The number of benzene rings is 2. The van der Waals surface area contributed by atoms with Crippen molar-refractivity contribution in [3.05, 3.63) is 75.3 Å². The Kier molecular flexibility index (Phi) is 5.19. The number of ether oxygens (including phenoxy) is 1. The summed E-state index contributed by atoms with van der Waals surface area (Å²) in [5.74, 6) is 0.0501. The summed E-state index contributed by atoms with van der Waals surface area (Å²) in [6.07, 6.45) is 1.55. The molecule has 4 rings (SSSR count). The SMILES string of the molecule is O=C(c1cn(Cc2ccc(F)cc2Cl)nn1)N1CCOc2ccc(Cl)cc2C1. The molecule has 0 unspecified atom stereocenters. The van der Waals surface area contributed by atoms with Crippen LogP contribution >= 0.6 is 23.2 Å². The van der Waals surface area contributed by atoms with Crippen LogP contribution in [-0.2, 0) is 13.1 Å². The zero-order chi connectivity index (χ0) is 19.7. The third kappa shape index (κ3) is 3.95. The third-order valence-electron chi connectivity index (χ3n) is 4.39. The Morgan fingerprint density at radius 2 is 2.07 bits per heavy atom. The first-order valence-corrected chi connectivity index (χ1v) is 9.30. The van der Waals surface area contributed by atoms with Gasteiger partial charge < -0.3 is 9.64 Å². The highest BCUT2D eigenvalue weighted by atomic mass is 35.5. The van der Waals surface area contributed by atoms with Crippen molar-refractivity contribution in [1.82, 2.24) is 19.9 Å². The van der Waals surface area contributed by atoms with E-state index in [1.165, 1.54) is 16.8 Å². The van der Waals surface area contributed by atoms with Crippen LogP contribution in [0.25, 0.3) is 0 Å². The number of hydrogen-bond acceptors (Lipinski definition) is 4. The maximum absolute atomic E-state index is 13.2. The first-order chi connectivity index (χ1) is 13.5. The van der Waals surface area contributed by atoms with E-state index in [0.717, 1.165) is 5.56 Å². The van der Waals surface area contributed by atoms with Crippen molar-refractivity contribution in [3.8, 4) is 5.75 Å². The molecule has 0 radical (unpaired) electrons. The van der Waals surface area contributed by atoms with E-state index in [4.69, 9.17) is 27.9 Å². The van der Waals surface area contributed by atoms with Gasteiger partial charge in [0.15, 0.2) is 5.69 Å². The quantitative estimate of drug-likeness (QED) is 0.646. The lowest BCUT2D eigenvalue weighted by atomic mass is 10.2. The van der Waals surface area contributed by atoms with Crippen LogP contribution in [0.5, 0.6) is 5.75 Å².